The van der Waals surface area contributed by atoms with E-state index in [2.05, 4.69) is 10.2 Å². The van der Waals surface area contributed by atoms with Gasteiger partial charge >= 0.3 is 0 Å². The molecule has 7 nitrogen and oxygen atoms in total. The molecular weight excluding hydrogens is 258 g/mol. The number of hydrogen-bond acceptors (Lipinski definition) is 5. The number of nitrogens with zero attached hydrogens (tertiary/aromatic N) is 5. The second kappa shape index (κ2) is 7.96. The van der Waals surface area contributed by atoms with Crippen LogP contribution in [-0.4, -0.2) is 71.4 Å². The predicted molar refractivity (Wildman–Crippen MR) is 76.1 cm³/mol. The number of carbonyl (C=O) groups excluding carboxylic acids is 1. The number of hydrogen-bond donors (Lipinski definition) is 0. The van der Waals surface area contributed by atoms with Crippen LogP contribution in [0.5, 0.6) is 0 Å². The van der Waals surface area contributed by atoms with E-state index >= 15 is 0 Å². The summed E-state index contributed by atoms with van der Waals surface area (Å²) < 4.78 is 7.01. The maximum absolute atomic E-state index is 12.1. The molecule has 1 aromatic rings. The average molecular weight is 283 g/mol. The largest absolute Gasteiger partial charge is 0.383 e. The van der Waals surface area contributed by atoms with E-state index in [0.29, 0.717) is 19.7 Å². The minimum atomic E-state index is -0.141. The number of carbonyl (C=O) groups is 1. The van der Waals surface area contributed by atoms with Gasteiger partial charge in [-0.25, -0.2) is 0 Å². The molecule has 7 heteroatoms. The molecule has 20 heavy (non-hydrogen) atoms. The van der Waals surface area contributed by atoms with Crippen LogP contribution in [0.15, 0.2) is 6.33 Å². The monoisotopic (exact) mass is 283 g/mol. The van der Waals surface area contributed by atoms with Crippen molar-refractivity contribution in [2.45, 2.75) is 32.5 Å². The summed E-state index contributed by atoms with van der Waals surface area (Å²) in [6.07, 6.45) is 2.45. The molecule has 114 valence electrons. The van der Waals surface area contributed by atoms with Gasteiger partial charge in [0.25, 0.3) is 0 Å². The van der Waals surface area contributed by atoms with Crippen LogP contribution >= 0.6 is 0 Å². The molecule has 0 bridgehead atoms. The molecule has 0 aliphatic carbocycles. The summed E-state index contributed by atoms with van der Waals surface area (Å²) in [4.78, 5) is 15.8. The van der Waals surface area contributed by atoms with Crippen LogP contribution in [0.4, 0.5) is 0 Å². The molecule has 1 rings (SSSR count). The molecule has 1 heterocycles. The lowest BCUT2D eigenvalue weighted by Gasteiger charge is -2.28. The maximum atomic E-state index is 12.1. The summed E-state index contributed by atoms with van der Waals surface area (Å²) in [5.41, 5.74) is 0. The molecule has 0 N–H and O–H groups in total. The molecular formula is C13H25N5O2. The summed E-state index contributed by atoms with van der Waals surface area (Å²) >= 11 is 0. The Morgan fingerprint density at radius 3 is 2.70 bits per heavy atom. The van der Waals surface area contributed by atoms with Crippen molar-refractivity contribution in [3.8, 4) is 0 Å². The standard InChI is InChI=1S/C13H25N5O2/c1-6-11(13(19)16(2)3)17(4)9-12-15-14-10-18(12)7-8-20-5/h10-11H,6-9H2,1-5H3/t11-/m0/s1. The fraction of sp³-hybridized carbons (Fsp3) is 0.769. The first-order chi connectivity index (χ1) is 9.51. The zero-order valence-electron chi connectivity index (χ0n) is 13.0. The highest BCUT2D eigenvalue weighted by Crippen LogP contribution is 2.09. The molecule has 0 unspecified atom stereocenters. The van der Waals surface area contributed by atoms with E-state index in [-0.39, 0.29) is 11.9 Å². The van der Waals surface area contributed by atoms with Gasteiger partial charge in [0.05, 0.1) is 19.2 Å². The molecule has 0 aliphatic heterocycles. The van der Waals surface area contributed by atoms with Crippen molar-refractivity contribution in [3.05, 3.63) is 12.2 Å². The molecule has 0 aliphatic rings. The van der Waals surface area contributed by atoms with Crippen molar-refractivity contribution in [1.29, 1.82) is 0 Å². The van der Waals surface area contributed by atoms with Gasteiger partial charge in [-0.3, -0.25) is 9.69 Å². The number of likely N-dealkylation sites (N-methyl/N-ethyl adjacent to an activating group) is 2. The minimum Gasteiger partial charge on any atom is -0.383 e. The zero-order chi connectivity index (χ0) is 15.1. The number of methoxy groups -OCH3 is 1. The Balaban J connectivity index is 2.71. The summed E-state index contributed by atoms with van der Waals surface area (Å²) in [5, 5.41) is 8.05. The third-order valence-electron chi connectivity index (χ3n) is 3.27. The zero-order valence-corrected chi connectivity index (χ0v) is 13.0. The summed E-state index contributed by atoms with van der Waals surface area (Å²) in [6, 6.07) is -0.141. The molecule has 0 spiro atoms. The molecule has 0 saturated heterocycles. The predicted octanol–water partition coefficient (Wildman–Crippen LogP) is 0.223. The Morgan fingerprint density at radius 1 is 1.45 bits per heavy atom. The fourth-order valence-electron chi connectivity index (χ4n) is 2.08. The van der Waals surface area contributed by atoms with E-state index in [1.807, 2.05) is 23.4 Å². The number of aromatic nitrogens is 3. The Labute approximate surface area is 120 Å². The van der Waals surface area contributed by atoms with Gasteiger partial charge in [-0.2, -0.15) is 0 Å². The minimum absolute atomic E-state index is 0.109. The van der Waals surface area contributed by atoms with Gasteiger partial charge in [-0.05, 0) is 13.5 Å². The first-order valence-corrected chi connectivity index (χ1v) is 6.78. The van der Waals surface area contributed by atoms with Crippen molar-refractivity contribution in [2.75, 3.05) is 34.9 Å². The van der Waals surface area contributed by atoms with E-state index in [9.17, 15) is 4.79 Å². The van der Waals surface area contributed by atoms with Gasteiger partial charge in [0, 0.05) is 27.7 Å². The van der Waals surface area contributed by atoms with Gasteiger partial charge in [0.2, 0.25) is 5.91 Å². The topological polar surface area (TPSA) is 63.5 Å². The van der Waals surface area contributed by atoms with E-state index in [1.54, 1.807) is 32.4 Å². The number of ether oxygens (including phenoxy) is 1. The van der Waals surface area contributed by atoms with Crippen molar-refractivity contribution >= 4 is 5.91 Å². The van der Waals surface area contributed by atoms with Gasteiger partial charge in [-0.15, -0.1) is 10.2 Å². The van der Waals surface area contributed by atoms with Crippen molar-refractivity contribution in [3.63, 3.8) is 0 Å². The quantitative estimate of drug-likeness (QED) is 0.683. The maximum Gasteiger partial charge on any atom is 0.239 e. The van der Waals surface area contributed by atoms with Crippen molar-refractivity contribution < 1.29 is 9.53 Å². The van der Waals surface area contributed by atoms with Gasteiger partial charge in [0.1, 0.15) is 12.2 Å². The number of amides is 1. The highest BCUT2D eigenvalue weighted by molar-refractivity contribution is 5.81. The first-order valence-electron chi connectivity index (χ1n) is 6.78. The molecule has 1 aromatic heterocycles. The van der Waals surface area contributed by atoms with Gasteiger partial charge in [-0.1, -0.05) is 6.92 Å². The fourth-order valence-corrected chi connectivity index (χ4v) is 2.08. The molecule has 1 amide bonds. The van der Waals surface area contributed by atoms with E-state index in [0.717, 1.165) is 12.2 Å². The lowest BCUT2D eigenvalue weighted by atomic mass is 10.1. The molecule has 0 radical (unpaired) electrons. The van der Waals surface area contributed by atoms with E-state index < -0.39 is 0 Å². The normalized spacial score (nSPS) is 12.7. The van der Waals surface area contributed by atoms with Crippen LogP contribution in [-0.2, 0) is 22.6 Å². The molecule has 0 saturated carbocycles. The smallest absolute Gasteiger partial charge is 0.239 e. The lowest BCUT2D eigenvalue weighted by Crippen LogP contribution is -2.44. The first kappa shape index (κ1) is 16.6. The third kappa shape index (κ3) is 4.28. The second-order valence-electron chi connectivity index (χ2n) is 5.01. The highest BCUT2D eigenvalue weighted by atomic mass is 16.5. The van der Waals surface area contributed by atoms with Crippen LogP contribution in [0.2, 0.25) is 0 Å². The lowest BCUT2D eigenvalue weighted by molar-refractivity contribution is -0.134. The van der Waals surface area contributed by atoms with E-state index in [4.69, 9.17) is 4.74 Å². The molecule has 0 fully saturated rings. The molecule has 0 aromatic carbocycles. The highest BCUT2D eigenvalue weighted by Gasteiger charge is 2.24. The summed E-state index contributed by atoms with van der Waals surface area (Å²) in [5.74, 6) is 0.951. The van der Waals surface area contributed by atoms with Crippen LogP contribution in [0, 0.1) is 0 Å². The van der Waals surface area contributed by atoms with Crippen molar-refractivity contribution in [2.24, 2.45) is 0 Å². The number of rotatable bonds is 8. The van der Waals surface area contributed by atoms with Gasteiger partial charge in [0.15, 0.2) is 0 Å². The van der Waals surface area contributed by atoms with Crippen LogP contribution < -0.4 is 0 Å². The molecule has 1 atom stereocenters. The summed E-state index contributed by atoms with van der Waals surface area (Å²) in [7, 11) is 7.16. The average Bonchev–Trinajstić information content (AvgIpc) is 2.84. The van der Waals surface area contributed by atoms with Crippen LogP contribution in [0.3, 0.4) is 0 Å². The Bertz CT molecular complexity index is 419. The van der Waals surface area contributed by atoms with Crippen molar-refractivity contribution in [1.82, 2.24) is 24.6 Å². The Morgan fingerprint density at radius 2 is 2.15 bits per heavy atom. The van der Waals surface area contributed by atoms with E-state index in [1.165, 1.54) is 0 Å². The SMILES string of the molecule is CC[C@@H](C(=O)N(C)C)N(C)Cc1nncn1CCOC. The summed E-state index contributed by atoms with van der Waals surface area (Å²) in [6.45, 7) is 3.92. The Kier molecular flexibility index (Phi) is 6.60. The Hall–Kier alpha value is -1.47. The second-order valence-corrected chi connectivity index (χ2v) is 5.01. The van der Waals surface area contributed by atoms with Crippen LogP contribution in [0.1, 0.15) is 19.2 Å². The van der Waals surface area contributed by atoms with Crippen LogP contribution in [0.25, 0.3) is 0 Å². The third-order valence-corrected chi connectivity index (χ3v) is 3.27. The van der Waals surface area contributed by atoms with Gasteiger partial charge < -0.3 is 14.2 Å².